The van der Waals surface area contributed by atoms with E-state index >= 15 is 0 Å². The molecule has 2 heterocycles. The first-order valence-electron chi connectivity index (χ1n) is 7.91. The maximum Gasteiger partial charge on any atom is 0.268 e. The predicted octanol–water partition coefficient (Wildman–Crippen LogP) is 4.29. The van der Waals surface area contributed by atoms with Crippen LogP contribution < -0.4 is 10.1 Å². The second-order valence-corrected chi connectivity index (χ2v) is 6.88. The Labute approximate surface area is 150 Å². The lowest BCUT2D eigenvalue weighted by atomic mass is 10.2. The molecule has 0 aliphatic heterocycles. The molecule has 3 rings (SSSR count). The van der Waals surface area contributed by atoms with E-state index in [0.29, 0.717) is 23.0 Å². The topological polar surface area (TPSA) is 64.1 Å². The summed E-state index contributed by atoms with van der Waals surface area (Å²) in [6.45, 7) is 6.14. The molecule has 0 spiro atoms. The van der Waals surface area contributed by atoms with Gasteiger partial charge in [0.25, 0.3) is 5.91 Å². The van der Waals surface area contributed by atoms with Gasteiger partial charge in [-0.1, -0.05) is 23.8 Å². The number of anilines is 1. The van der Waals surface area contributed by atoms with Gasteiger partial charge in [-0.25, -0.2) is 9.97 Å². The summed E-state index contributed by atoms with van der Waals surface area (Å²) in [5.74, 6) is 1.11. The standard InChI is InChI=1S/C19H19N3O2S/c1-12-4-7-15(8-5-12)24-11-17-21-14(3)18(25-17)19(23)22-16-9-6-13(2)10-20-16/h4-10H,11H2,1-3H3,(H,20,22,23). The van der Waals surface area contributed by atoms with Gasteiger partial charge in [0.2, 0.25) is 0 Å². The second-order valence-electron chi connectivity index (χ2n) is 5.80. The third-order valence-corrected chi connectivity index (χ3v) is 4.71. The molecule has 25 heavy (non-hydrogen) atoms. The SMILES string of the molecule is Cc1ccc(OCc2nc(C)c(C(=O)Nc3ccc(C)cn3)s2)cc1. The van der Waals surface area contributed by atoms with Crippen LogP contribution in [0.4, 0.5) is 5.82 Å². The van der Waals surface area contributed by atoms with Crippen LogP contribution in [0.3, 0.4) is 0 Å². The van der Waals surface area contributed by atoms with Crippen LogP contribution in [0.1, 0.15) is 31.5 Å². The first-order valence-corrected chi connectivity index (χ1v) is 8.72. The van der Waals surface area contributed by atoms with Crippen LogP contribution in [0, 0.1) is 20.8 Å². The van der Waals surface area contributed by atoms with Crippen LogP contribution in [0.15, 0.2) is 42.6 Å². The fourth-order valence-electron chi connectivity index (χ4n) is 2.22. The third kappa shape index (κ3) is 4.42. The largest absolute Gasteiger partial charge is 0.486 e. The van der Waals surface area contributed by atoms with Crippen LogP contribution in [-0.2, 0) is 6.61 Å². The average molecular weight is 353 g/mol. The van der Waals surface area contributed by atoms with E-state index in [-0.39, 0.29) is 5.91 Å². The zero-order valence-electron chi connectivity index (χ0n) is 14.4. The maximum absolute atomic E-state index is 12.4. The van der Waals surface area contributed by atoms with Crippen molar-refractivity contribution in [2.45, 2.75) is 27.4 Å². The monoisotopic (exact) mass is 353 g/mol. The normalized spacial score (nSPS) is 10.5. The van der Waals surface area contributed by atoms with Gasteiger partial charge in [-0.3, -0.25) is 4.79 Å². The highest BCUT2D eigenvalue weighted by Gasteiger charge is 2.16. The van der Waals surface area contributed by atoms with Crippen molar-refractivity contribution in [2.24, 2.45) is 0 Å². The molecule has 0 aliphatic carbocycles. The van der Waals surface area contributed by atoms with Gasteiger partial charge in [-0.15, -0.1) is 11.3 Å². The summed E-state index contributed by atoms with van der Waals surface area (Å²) in [6, 6.07) is 11.5. The fourth-order valence-corrected chi connectivity index (χ4v) is 3.09. The average Bonchev–Trinajstić information content (AvgIpc) is 2.97. The molecule has 2 aromatic heterocycles. The molecule has 0 radical (unpaired) electrons. The maximum atomic E-state index is 12.4. The molecule has 1 aromatic carbocycles. The second kappa shape index (κ2) is 7.44. The molecule has 1 amide bonds. The van der Waals surface area contributed by atoms with Gasteiger partial charge in [-0.05, 0) is 44.5 Å². The van der Waals surface area contributed by atoms with Crippen molar-refractivity contribution in [2.75, 3.05) is 5.32 Å². The van der Waals surface area contributed by atoms with E-state index in [1.165, 1.54) is 16.9 Å². The van der Waals surface area contributed by atoms with E-state index < -0.39 is 0 Å². The molecule has 0 bridgehead atoms. The Balaban J connectivity index is 1.65. The van der Waals surface area contributed by atoms with Crippen molar-refractivity contribution in [1.29, 1.82) is 0 Å². The van der Waals surface area contributed by atoms with Crippen molar-refractivity contribution < 1.29 is 9.53 Å². The van der Waals surface area contributed by atoms with Crippen LogP contribution in [0.25, 0.3) is 0 Å². The summed E-state index contributed by atoms with van der Waals surface area (Å²) < 4.78 is 5.73. The quantitative estimate of drug-likeness (QED) is 0.743. The van der Waals surface area contributed by atoms with Gasteiger partial charge in [0.05, 0.1) is 5.69 Å². The number of carbonyl (C=O) groups excluding carboxylic acids is 1. The number of hydrogen-bond donors (Lipinski definition) is 1. The number of aromatic nitrogens is 2. The number of rotatable bonds is 5. The van der Waals surface area contributed by atoms with Crippen LogP contribution in [-0.4, -0.2) is 15.9 Å². The van der Waals surface area contributed by atoms with E-state index in [1.54, 1.807) is 12.3 Å². The van der Waals surface area contributed by atoms with Crippen molar-refractivity contribution >= 4 is 23.1 Å². The van der Waals surface area contributed by atoms with Crippen molar-refractivity contribution in [3.05, 3.63) is 69.3 Å². The van der Waals surface area contributed by atoms with Gasteiger partial charge in [-0.2, -0.15) is 0 Å². The zero-order valence-corrected chi connectivity index (χ0v) is 15.2. The van der Waals surface area contributed by atoms with E-state index in [9.17, 15) is 4.79 Å². The Morgan fingerprint density at radius 3 is 2.48 bits per heavy atom. The molecule has 0 unspecified atom stereocenters. The number of nitrogens with zero attached hydrogens (tertiary/aromatic N) is 2. The number of carbonyl (C=O) groups is 1. The number of nitrogens with one attached hydrogen (secondary N) is 1. The van der Waals surface area contributed by atoms with Crippen LogP contribution >= 0.6 is 11.3 Å². The number of thiazole rings is 1. The minimum atomic E-state index is -0.201. The first-order chi connectivity index (χ1) is 12.0. The van der Waals surface area contributed by atoms with Gasteiger partial charge in [0.15, 0.2) is 0 Å². The lowest BCUT2D eigenvalue weighted by Gasteiger charge is -2.04. The lowest BCUT2D eigenvalue weighted by Crippen LogP contribution is -2.12. The summed E-state index contributed by atoms with van der Waals surface area (Å²) >= 11 is 1.34. The summed E-state index contributed by atoms with van der Waals surface area (Å²) in [4.78, 5) is 21.6. The van der Waals surface area contributed by atoms with Gasteiger partial charge < -0.3 is 10.1 Å². The molecule has 0 fully saturated rings. The summed E-state index contributed by atoms with van der Waals surface area (Å²) in [7, 11) is 0. The highest BCUT2D eigenvalue weighted by Crippen LogP contribution is 2.21. The number of aryl methyl sites for hydroxylation is 3. The Morgan fingerprint density at radius 1 is 1.08 bits per heavy atom. The van der Waals surface area contributed by atoms with E-state index in [1.807, 2.05) is 51.1 Å². The highest BCUT2D eigenvalue weighted by molar-refractivity contribution is 7.13. The molecular formula is C19H19N3O2S. The molecule has 5 nitrogen and oxygen atoms in total. The van der Waals surface area contributed by atoms with Crippen molar-refractivity contribution in [3.8, 4) is 5.75 Å². The van der Waals surface area contributed by atoms with E-state index in [2.05, 4.69) is 15.3 Å². The van der Waals surface area contributed by atoms with Gasteiger partial charge in [0, 0.05) is 6.20 Å². The Morgan fingerprint density at radius 2 is 1.80 bits per heavy atom. The summed E-state index contributed by atoms with van der Waals surface area (Å²) in [5.41, 5.74) is 2.92. The van der Waals surface area contributed by atoms with E-state index in [0.717, 1.165) is 16.3 Å². The van der Waals surface area contributed by atoms with Crippen molar-refractivity contribution in [3.63, 3.8) is 0 Å². The number of hydrogen-bond acceptors (Lipinski definition) is 5. The molecule has 0 atom stereocenters. The molecule has 6 heteroatoms. The molecule has 3 aromatic rings. The van der Waals surface area contributed by atoms with E-state index in [4.69, 9.17) is 4.74 Å². The summed E-state index contributed by atoms with van der Waals surface area (Å²) in [6.07, 6.45) is 1.72. The molecule has 0 aliphatic rings. The van der Waals surface area contributed by atoms with Crippen LogP contribution in [0.2, 0.25) is 0 Å². The number of amides is 1. The fraction of sp³-hybridized carbons (Fsp3) is 0.211. The molecule has 1 N–H and O–H groups in total. The minimum absolute atomic E-state index is 0.201. The Kier molecular flexibility index (Phi) is 5.09. The minimum Gasteiger partial charge on any atom is -0.486 e. The molecule has 0 saturated heterocycles. The smallest absolute Gasteiger partial charge is 0.268 e. The predicted molar refractivity (Wildman–Crippen MR) is 99.3 cm³/mol. The third-order valence-electron chi connectivity index (χ3n) is 3.58. The molecule has 0 saturated carbocycles. The summed E-state index contributed by atoms with van der Waals surface area (Å²) in [5, 5.41) is 3.56. The van der Waals surface area contributed by atoms with Crippen molar-refractivity contribution in [1.82, 2.24) is 9.97 Å². The number of pyridine rings is 1. The van der Waals surface area contributed by atoms with Gasteiger partial charge in [0.1, 0.15) is 28.1 Å². The molecular weight excluding hydrogens is 334 g/mol. The Hall–Kier alpha value is -2.73. The number of ether oxygens (including phenoxy) is 1. The molecule has 128 valence electrons. The number of benzene rings is 1. The Bertz CT molecular complexity index is 871. The lowest BCUT2D eigenvalue weighted by molar-refractivity contribution is 0.102. The van der Waals surface area contributed by atoms with Gasteiger partial charge >= 0.3 is 0 Å². The highest BCUT2D eigenvalue weighted by atomic mass is 32.1. The first kappa shape index (κ1) is 17.1. The zero-order chi connectivity index (χ0) is 17.8. The van der Waals surface area contributed by atoms with Crippen LogP contribution in [0.5, 0.6) is 5.75 Å².